The van der Waals surface area contributed by atoms with Crippen molar-refractivity contribution in [3.8, 4) is 0 Å². The fourth-order valence-corrected chi connectivity index (χ4v) is 4.14. The van der Waals surface area contributed by atoms with E-state index in [-0.39, 0.29) is 35.1 Å². The molecule has 148 valence electrons. The number of ether oxygens (including phenoxy) is 1. The highest BCUT2D eigenvalue weighted by Crippen LogP contribution is 2.59. The smallest absolute Gasteiger partial charge is 0.433 e. The Kier molecular flexibility index (Phi) is 4.23. The van der Waals surface area contributed by atoms with Gasteiger partial charge >= 0.3 is 12.1 Å². The van der Waals surface area contributed by atoms with Crippen LogP contribution in [0.4, 0.5) is 24.9 Å². The Morgan fingerprint density at radius 2 is 2.15 bits per heavy atom. The van der Waals surface area contributed by atoms with Crippen molar-refractivity contribution in [2.24, 2.45) is 11.3 Å². The number of hydrogen-bond donors (Lipinski definition) is 0. The molecule has 3 aliphatic rings. The van der Waals surface area contributed by atoms with Crippen LogP contribution in [0.5, 0.6) is 0 Å². The second kappa shape index (κ2) is 6.24. The molecule has 3 atom stereocenters. The number of rotatable bonds is 4. The van der Waals surface area contributed by atoms with Gasteiger partial charge in [0.25, 0.3) is 0 Å². The van der Waals surface area contributed by atoms with Crippen LogP contribution >= 0.6 is 0 Å². The van der Waals surface area contributed by atoms with Crippen molar-refractivity contribution in [3.63, 3.8) is 0 Å². The summed E-state index contributed by atoms with van der Waals surface area (Å²) in [5, 5.41) is 0. The Bertz CT molecular complexity index is 757. The minimum atomic E-state index is -4.52. The quantitative estimate of drug-likeness (QED) is 0.744. The van der Waals surface area contributed by atoms with E-state index >= 15 is 0 Å². The molecule has 2 saturated heterocycles. The van der Waals surface area contributed by atoms with Crippen molar-refractivity contribution in [1.82, 2.24) is 9.97 Å². The molecule has 1 aromatic rings. The SMILES string of the molecule is CCOC(=O)C1CC12CCN(c1cc(C(F)(F)F)nc(N3CC[C@@H]3C)n1)C2. The van der Waals surface area contributed by atoms with Gasteiger partial charge in [0.2, 0.25) is 5.95 Å². The van der Waals surface area contributed by atoms with E-state index < -0.39 is 11.9 Å². The lowest BCUT2D eigenvalue weighted by Crippen LogP contribution is -2.47. The average molecular weight is 384 g/mol. The number of hydrogen-bond acceptors (Lipinski definition) is 6. The molecule has 27 heavy (non-hydrogen) atoms. The van der Waals surface area contributed by atoms with Gasteiger partial charge in [-0.25, -0.2) is 4.98 Å². The highest BCUT2D eigenvalue weighted by molar-refractivity contribution is 5.77. The molecule has 2 unspecified atom stereocenters. The third-order valence-electron chi connectivity index (χ3n) is 6.04. The van der Waals surface area contributed by atoms with E-state index in [1.807, 2.05) is 11.8 Å². The number of esters is 1. The lowest BCUT2D eigenvalue weighted by Gasteiger charge is -2.39. The molecule has 0 amide bonds. The minimum absolute atomic E-state index is 0.136. The van der Waals surface area contributed by atoms with Crippen molar-refractivity contribution in [1.29, 1.82) is 0 Å². The predicted octanol–water partition coefficient (Wildman–Crippen LogP) is 2.87. The number of carbonyl (C=O) groups excluding carboxylic acids is 1. The van der Waals surface area contributed by atoms with Crippen molar-refractivity contribution in [2.45, 2.75) is 45.3 Å². The van der Waals surface area contributed by atoms with Gasteiger partial charge in [0.15, 0.2) is 5.69 Å². The predicted molar refractivity (Wildman–Crippen MR) is 92.5 cm³/mol. The summed E-state index contributed by atoms with van der Waals surface area (Å²) >= 11 is 0. The fraction of sp³-hybridized carbons (Fsp3) is 0.722. The summed E-state index contributed by atoms with van der Waals surface area (Å²) in [6, 6.07) is 1.16. The summed E-state index contributed by atoms with van der Waals surface area (Å²) in [5.74, 6) is 0.0735. The number of aromatic nitrogens is 2. The first-order chi connectivity index (χ1) is 12.7. The van der Waals surface area contributed by atoms with Crippen LogP contribution < -0.4 is 9.80 Å². The van der Waals surface area contributed by atoms with Gasteiger partial charge in [-0.15, -0.1) is 0 Å². The fourth-order valence-electron chi connectivity index (χ4n) is 4.14. The minimum Gasteiger partial charge on any atom is -0.466 e. The first-order valence-electron chi connectivity index (χ1n) is 9.38. The number of alkyl halides is 3. The Morgan fingerprint density at radius 1 is 1.37 bits per heavy atom. The maximum atomic E-state index is 13.3. The summed E-state index contributed by atoms with van der Waals surface area (Å²) in [6.07, 6.45) is -2.11. The second-order valence-corrected chi connectivity index (χ2v) is 7.78. The first kappa shape index (κ1) is 18.3. The Hall–Kier alpha value is -2.06. The average Bonchev–Trinajstić information content (AvgIpc) is 3.13. The maximum Gasteiger partial charge on any atom is 0.433 e. The standard InChI is InChI=1S/C18H23F3N4O2/c1-3-27-15(26)12-9-17(12)5-7-24(10-17)14-8-13(18(19,20)21)22-16(23-14)25-6-4-11(25)2/h8,11-12H,3-7,9-10H2,1-2H3/t11-,12?,17?/m0/s1. The van der Waals surface area contributed by atoms with E-state index in [1.165, 1.54) is 0 Å². The maximum absolute atomic E-state index is 13.3. The summed E-state index contributed by atoms with van der Waals surface area (Å²) < 4.78 is 45.1. The summed E-state index contributed by atoms with van der Waals surface area (Å²) in [5.41, 5.74) is -1.10. The molecule has 6 nitrogen and oxygen atoms in total. The van der Waals surface area contributed by atoms with Crippen LogP contribution in [0.3, 0.4) is 0 Å². The molecule has 4 rings (SSSR count). The normalized spacial score (nSPS) is 29.8. The molecule has 0 aromatic carbocycles. The lowest BCUT2D eigenvalue weighted by molar-refractivity contribution is -0.145. The molecule has 3 fully saturated rings. The molecule has 1 spiro atoms. The van der Waals surface area contributed by atoms with Crippen LogP contribution in [0.15, 0.2) is 6.07 Å². The number of anilines is 2. The van der Waals surface area contributed by atoms with E-state index in [2.05, 4.69) is 9.97 Å². The van der Waals surface area contributed by atoms with E-state index in [0.717, 1.165) is 25.3 Å². The monoisotopic (exact) mass is 384 g/mol. The number of carbonyl (C=O) groups is 1. The van der Waals surface area contributed by atoms with Crippen LogP contribution in [0, 0.1) is 11.3 Å². The van der Waals surface area contributed by atoms with E-state index in [0.29, 0.717) is 26.2 Å². The first-order valence-corrected chi connectivity index (χ1v) is 9.38. The van der Waals surface area contributed by atoms with Crippen LogP contribution in [0.2, 0.25) is 0 Å². The molecule has 3 heterocycles. The molecule has 0 radical (unpaired) electrons. The highest BCUT2D eigenvalue weighted by Gasteiger charge is 2.62. The van der Waals surface area contributed by atoms with Gasteiger partial charge in [-0.1, -0.05) is 0 Å². The summed E-state index contributed by atoms with van der Waals surface area (Å²) in [7, 11) is 0. The van der Waals surface area contributed by atoms with Gasteiger partial charge < -0.3 is 14.5 Å². The molecule has 1 aliphatic carbocycles. The van der Waals surface area contributed by atoms with Gasteiger partial charge in [0, 0.05) is 37.2 Å². The van der Waals surface area contributed by atoms with Gasteiger partial charge in [-0.05, 0) is 33.1 Å². The Labute approximate surface area is 155 Å². The van der Waals surface area contributed by atoms with Crippen molar-refractivity contribution < 1.29 is 22.7 Å². The lowest BCUT2D eigenvalue weighted by atomic mass is 10.0. The second-order valence-electron chi connectivity index (χ2n) is 7.78. The van der Waals surface area contributed by atoms with Crippen LogP contribution in [-0.4, -0.2) is 48.2 Å². The van der Waals surface area contributed by atoms with Crippen LogP contribution in [-0.2, 0) is 15.7 Å². The molecule has 9 heteroatoms. The van der Waals surface area contributed by atoms with Gasteiger partial charge in [0.05, 0.1) is 12.5 Å². The molecular formula is C18H23F3N4O2. The van der Waals surface area contributed by atoms with E-state index in [9.17, 15) is 18.0 Å². The summed E-state index contributed by atoms with van der Waals surface area (Å²) in [4.78, 5) is 23.8. The van der Waals surface area contributed by atoms with Crippen molar-refractivity contribution in [3.05, 3.63) is 11.8 Å². The Morgan fingerprint density at radius 3 is 2.74 bits per heavy atom. The Balaban J connectivity index is 1.57. The zero-order valence-corrected chi connectivity index (χ0v) is 15.4. The van der Waals surface area contributed by atoms with Gasteiger partial charge in [-0.2, -0.15) is 18.2 Å². The van der Waals surface area contributed by atoms with Crippen molar-refractivity contribution in [2.75, 3.05) is 36.0 Å². The van der Waals surface area contributed by atoms with Gasteiger partial charge in [-0.3, -0.25) is 4.79 Å². The topological polar surface area (TPSA) is 58.6 Å². The highest BCUT2D eigenvalue weighted by atomic mass is 19.4. The molecular weight excluding hydrogens is 361 g/mol. The van der Waals surface area contributed by atoms with E-state index in [4.69, 9.17) is 4.74 Å². The third kappa shape index (κ3) is 3.21. The van der Waals surface area contributed by atoms with Crippen LogP contribution in [0.25, 0.3) is 0 Å². The molecule has 1 saturated carbocycles. The third-order valence-corrected chi connectivity index (χ3v) is 6.04. The van der Waals surface area contributed by atoms with E-state index in [1.54, 1.807) is 11.8 Å². The zero-order valence-electron chi connectivity index (χ0n) is 15.4. The number of halogens is 3. The van der Waals surface area contributed by atoms with Crippen LogP contribution in [0.1, 0.15) is 38.8 Å². The molecule has 1 aromatic heterocycles. The molecule has 2 aliphatic heterocycles. The van der Waals surface area contributed by atoms with Crippen molar-refractivity contribution >= 4 is 17.7 Å². The van der Waals surface area contributed by atoms with Gasteiger partial charge in [0.1, 0.15) is 5.82 Å². The number of nitrogens with zero attached hydrogens (tertiary/aromatic N) is 4. The summed E-state index contributed by atoms with van der Waals surface area (Å²) in [6.45, 7) is 5.83. The molecule has 0 bridgehead atoms. The zero-order chi connectivity index (χ0) is 19.4. The molecule has 0 N–H and O–H groups in total. The largest absolute Gasteiger partial charge is 0.466 e.